The Labute approximate surface area is 125 Å². The van der Waals surface area contributed by atoms with Gasteiger partial charge in [0.2, 0.25) is 11.8 Å². The molecule has 4 heteroatoms. The van der Waals surface area contributed by atoms with Crippen LogP contribution in [0, 0.1) is 5.92 Å². The molecule has 0 unspecified atom stereocenters. The molecule has 0 spiro atoms. The van der Waals surface area contributed by atoms with Crippen LogP contribution < -0.4 is 10.6 Å². The summed E-state index contributed by atoms with van der Waals surface area (Å²) in [6.07, 6.45) is 6.70. The Bertz CT molecular complexity index is 511. The number of carbonyl (C=O) groups is 2. The summed E-state index contributed by atoms with van der Waals surface area (Å²) < 4.78 is 0. The van der Waals surface area contributed by atoms with Gasteiger partial charge >= 0.3 is 0 Å². The van der Waals surface area contributed by atoms with Crippen LogP contribution in [0.25, 0.3) is 0 Å². The molecule has 2 amide bonds. The second kappa shape index (κ2) is 7.62. The van der Waals surface area contributed by atoms with Crippen LogP contribution in [0.15, 0.2) is 42.5 Å². The van der Waals surface area contributed by atoms with Gasteiger partial charge in [0.1, 0.15) is 6.04 Å². The largest absolute Gasteiger partial charge is 0.350 e. The summed E-state index contributed by atoms with van der Waals surface area (Å²) in [5.74, 6) is -0.181. The fourth-order valence-electron chi connectivity index (χ4n) is 2.37. The highest BCUT2D eigenvalue weighted by Crippen LogP contribution is 2.18. The number of hydrogen-bond donors (Lipinski definition) is 2. The topological polar surface area (TPSA) is 58.2 Å². The van der Waals surface area contributed by atoms with Gasteiger partial charge in [0, 0.05) is 12.5 Å². The van der Waals surface area contributed by atoms with E-state index in [1.165, 1.54) is 0 Å². The Morgan fingerprint density at radius 2 is 2.00 bits per heavy atom. The SMILES string of the molecule is C[C@@H](NC(=O)[C@H]1CC=CCC1)C(=O)NCc1ccccc1. The zero-order chi connectivity index (χ0) is 15.1. The third-order valence-corrected chi connectivity index (χ3v) is 3.70. The van der Waals surface area contributed by atoms with Crippen LogP contribution in [-0.2, 0) is 16.1 Å². The van der Waals surface area contributed by atoms with E-state index in [1.807, 2.05) is 36.4 Å². The van der Waals surface area contributed by atoms with Crippen LogP contribution >= 0.6 is 0 Å². The second-order valence-electron chi connectivity index (χ2n) is 5.42. The maximum atomic E-state index is 12.1. The van der Waals surface area contributed by atoms with Gasteiger partial charge in [-0.2, -0.15) is 0 Å². The van der Waals surface area contributed by atoms with Crippen LogP contribution in [0.2, 0.25) is 0 Å². The fourth-order valence-corrected chi connectivity index (χ4v) is 2.37. The van der Waals surface area contributed by atoms with Gasteiger partial charge in [0.25, 0.3) is 0 Å². The molecule has 0 bridgehead atoms. The molecule has 4 nitrogen and oxygen atoms in total. The predicted molar refractivity (Wildman–Crippen MR) is 82.4 cm³/mol. The summed E-state index contributed by atoms with van der Waals surface area (Å²) in [4.78, 5) is 24.1. The van der Waals surface area contributed by atoms with E-state index in [0.717, 1.165) is 24.8 Å². The van der Waals surface area contributed by atoms with E-state index >= 15 is 0 Å². The number of allylic oxidation sites excluding steroid dienone is 2. The molecule has 1 aliphatic rings. The zero-order valence-corrected chi connectivity index (χ0v) is 12.3. The lowest BCUT2D eigenvalue weighted by Crippen LogP contribution is -2.46. The predicted octanol–water partition coefficient (Wildman–Crippen LogP) is 2.16. The summed E-state index contributed by atoms with van der Waals surface area (Å²) in [6, 6.07) is 9.21. The van der Waals surface area contributed by atoms with Crippen LogP contribution in [0.4, 0.5) is 0 Å². The molecule has 0 fully saturated rings. The standard InChI is InChI=1S/C17H22N2O2/c1-13(19-17(21)15-10-6-3-7-11-15)16(20)18-12-14-8-4-2-5-9-14/h2-6,8-9,13,15H,7,10-12H2,1H3,(H,18,20)(H,19,21)/t13-,15+/m1/s1. The monoisotopic (exact) mass is 286 g/mol. The summed E-state index contributed by atoms with van der Waals surface area (Å²) in [6.45, 7) is 2.20. The molecule has 2 atom stereocenters. The van der Waals surface area contributed by atoms with Gasteiger partial charge in [-0.1, -0.05) is 42.5 Å². The van der Waals surface area contributed by atoms with Crippen molar-refractivity contribution in [3.05, 3.63) is 48.0 Å². The molecular weight excluding hydrogens is 264 g/mol. The maximum Gasteiger partial charge on any atom is 0.242 e. The van der Waals surface area contributed by atoms with Crippen molar-refractivity contribution >= 4 is 11.8 Å². The lowest BCUT2D eigenvalue weighted by atomic mass is 9.93. The van der Waals surface area contributed by atoms with Crippen LogP contribution in [0.3, 0.4) is 0 Å². The Kier molecular flexibility index (Phi) is 5.55. The van der Waals surface area contributed by atoms with Crippen molar-refractivity contribution in [2.75, 3.05) is 0 Å². The minimum Gasteiger partial charge on any atom is -0.350 e. The first kappa shape index (κ1) is 15.3. The van der Waals surface area contributed by atoms with Crippen molar-refractivity contribution in [3.8, 4) is 0 Å². The summed E-state index contributed by atoms with van der Waals surface area (Å²) in [5.41, 5.74) is 1.04. The van der Waals surface area contributed by atoms with Gasteiger partial charge in [-0.05, 0) is 31.7 Å². The smallest absolute Gasteiger partial charge is 0.242 e. The van der Waals surface area contributed by atoms with Gasteiger partial charge < -0.3 is 10.6 Å². The fraction of sp³-hybridized carbons (Fsp3) is 0.412. The number of hydrogen-bond acceptors (Lipinski definition) is 2. The van der Waals surface area contributed by atoms with Crippen LogP contribution in [0.1, 0.15) is 31.7 Å². The molecule has 112 valence electrons. The summed E-state index contributed by atoms with van der Waals surface area (Å²) in [7, 11) is 0. The highest BCUT2D eigenvalue weighted by Gasteiger charge is 2.22. The van der Waals surface area contributed by atoms with Gasteiger partial charge in [0.15, 0.2) is 0 Å². The van der Waals surface area contributed by atoms with E-state index in [-0.39, 0.29) is 17.7 Å². The van der Waals surface area contributed by atoms with Crippen LogP contribution in [-0.4, -0.2) is 17.9 Å². The quantitative estimate of drug-likeness (QED) is 0.815. The second-order valence-corrected chi connectivity index (χ2v) is 5.42. The van der Waals surface area contributed by atoms with E-state index < -0.39 is 6.04 Å². The average molecular weight is 286 g/mol. The molecule has 21 heavy (non-hydrogen) atoms. The minimum absolute atomic E-state index is 0.000580. The molecule has 1 aliphatic carbocycles. The molecule has 2 rings (SSSR count). The molecule has 0 aromatic heterocycles. The third-order valence-electron chi connectivity index (χ3n) is 3.70. The van der Waals surface area contributed by atoms with Crippen molar-refractivity contribution in [2.45, 2.75) is 38.8 Å². The molecule has 1 aromatic rings. The van der Waals surface area contributed by atoms with E-state index in [9.17, 15) is 9.59 Å². The van der Waals surface area contributed by atoms with Gasteiger partial charge in [-0.15, -0.1) is 0 Å². The minimum atomic E-state index is -0.507. The molecule has 2 N–H and O–H groups in total. The number of benzene rings is 1. The van der Waals surface area contributed by atoms with Gasteiger partial charge in [-0.25, -0.2) is 0 Å². The lowest BCUT2D eigenvalue weighted by Gasteiger charge is -2.20. The van der Waals surface area contributed by atoms with E-state index in [1.54, 1.807) is 6.92 Å². The highest BCUT2D eigenvalue weighted by atomic mass is 16.2. The Hall–Kier alpha value is -2.10. The lowest BCUT2D eigenvalue weighted by molar-refractivity contribution is -0.131. The normalized spacial score (nSPS) is 18.8. The van der Waals surface area contributed by atoms with Crippen molar-refractivity contribution < 1.29 is 9.59 Å². The summed E-state index contributed by atoms with van der Waals surface area (Å²) >= 11 is 0. The molecule has 0 aliphatic heterocycles. The summed E-state index contributed by atoms with van der Waals surface area (Å²) in [5, 5.41) is 5.64. The number of amides is 2. The first-order valence-corrected chi connectivity index (χ1v) is 7.44. The molecule has 0 heterocycles. The first-order valence-electron chi connectivity index (χ1n) is 7.44. The van der Waals surface area contributed by atoms with Crippen LogP contribution in [0.5, 0.6) is 0 Å². The average Bonchev–Trinajstić information content (AvgIpc) is 2.54. The third kappa shape index (κ3) is 4.74. The molecule has 0 saturated heterocycles. The molecular formula is C17H22N2O2. The number of nitrogens with one attached hydrogen (secondary N) is 2. The molecule has 1 aromatic carbocycles. The highest BCUT2D eigenvalue weighted by molar-refractivity contribution is 5.88. The van der Waals surface area contributed by atoms with Crippen molar-refractivity contribution in [3.63, 3.8) is 0 Å². The van der Waals surface area contributed by atoms with Gasteiger partial charge in [-0.3, -0.25) is 9.59 Å². The number of rotatable bonds is 5. The van der Waals surface area contributed by atoms with Crippen molar-refractivity contribution in [1.29, 1.82) is 0 Å². The zero-order valence-electron chi connectivity index (χ0n) is 12.3. The molecule has 0 radical (unpaired) electrons. The van der Waals surface area contributed by atoms with E-state index in [4.69, 9.17) is 0 Å². The van der Waals surface area contributed by atoms with E-state index in [2.05, 4.69) is 16.7 Å². The Morgan fingerprint density at radius 3 is 2.67 bits per heavy atom. The van der Waals surface area contributed by atoms with Gasteiger partial charge in [0.05, 0.1) is 0 Å². The number of carbonyl (C=O) groups excluding carboxylic acids is 2. The molecule has 0 saturated carbocycles. The van der Waals surface area contributed by atoms with Crippen molar-refractivity contribution in [2.24, 2.45) is 5.92 Å². The maximum absolute atomic E-state index is 12.1. The van der Waals surface area contributed by atoms with E-state index in [0.29, 0.717) is 6.54 Å². The Morgan fingerprint density at radius 1 is 1.24 bits per heavy atom. The Balaban J connectivity index is 1.76. The first-order chi connectivity index (χ1) is 10.2. The van der Waals surface area contributed by atoms with Crippen molar-refractivity contribution in [1.82, 2.24) is 10.6 Å².